The molecule has 3 rings (SSSR count). The summed E-state index contributed by atoms with van der Waals surface area (Å²) in [6.45, 7) is 1.34. The molecule has 0 aliphatic carbocycles. The fraction of sp³-hybridized carbons (Fsp3) is 0.273. The molecular weight excluding hydrogens is 403 g/mol. The van der Waals surface area contributed by atoms with Crippen molar-refractivity contribution in [2.24, 2.45) is 0 Å². The molecule has 0 spiro atoms. The number of nitrogens with two attached hydrogens (primary N) is 1. The number of rotatable bonds is 10. The van der Waals surface area contributed by atoms with Gasteiger partial charge in [0.15, 0.2) is 0 Å². The van der Waals surface area contributed by atoms with Crippen LogP contribution in [0.4, 0.5) is 15.9 Å². The number of ether oxygens (including phenoxy) is 2. The van der Waals surface area contributed by atoms with Crippen molar-refractivity contribution in [3.63, 3.8) is 0 Å². The quantitative estimate of drug-likeness (QED) is 0.511. The van der Waals surface area contributed by atoms with Gasteiger partial charge in [0.2, 0.25) is 0 Å². The number of methoxy groups -OCH3 is 1. The van der Waals surface area contributed by atoms with E-state index in [4.69, 9.17) is 15.2 Å². The number of H-pyrrole nitrogens is 1. The Labute approximate surface area is 178 Å². The summed E-state index contributed by atoms with van der Waals surface area (Å²) in [6, 6.07) is 15.1. The number of hydrogen-bond donors (Lipinski definition) is 2. The smallest absolute Gasteiger partial charge is 0.330 e. The van der Waals surface area contributed by atoms with E-state index < -0.39 is 17.1 Å². The maximum atomic E-state index is 13.4. The van der Waals surface area contributed by atoms with Crippen molar-refractivity contribution in [1.82, 2.24) is 9.55 Å². The summed E-state index contributed by atoms with van der Waals surface area (Å²) in [5, 5.41) is 0. The predicted molar refractivity (Wildman–Crippen MR) is 117 cm³/mol. The Morgan fingerprint density at radius 3 is 2.52 bits per heavy atom. The van der Waals surface area contributed by atoms with Gasteiger partial charge in [-0.05, 0) is 17.7 Å². The summed E-state index contributed by atoms with van der Waals surface area (Å²) in [7, 11) is 1.55. The van der Waals surface area contributed by atoms with Gasteiger partial charge in [0.1, 0.15) is 29.7 Å². The van der Waals surface area contributed by atoms with E-state index in [1.54, 1.807) is 24.1 Å². The first-order chi connectivity index (χ1) is 15.0. The van der Waals surface area contributed by atoms with Crippen LogP contribution in [0.1, 0.15) is 5.56 Å². The molecule has 0 bridgehead atoms. The number of benzene rings is 2. The van der Waals surface area contributed by atoms with Gasteiger partial charge in [-0.25, -0.2) is 9.18 Å². The van der Waals surface area contributed by atoms with Crippen LogP contribution in [-0.4, -0.2) is 43.0 Å². The van der Waals surface area contributed by atoms with Gasteiger partial charge in [-0.2, -0.15) is 0 Å². The van der Waals surface area contributed by atoms with E-state index in [0.717, 1.165) is 5.56 Å². The molecule has 0 aliphatic rings. The molecule has 0 aliphatic heterocycles. The lowest BCUT2D eigenvalue weighted by Gasteiger charge is -2.26. The third-order valence-corrected chi connectivity index (χ3v) is 4.71. The zero-order valence-electron chi connectivity index (χ0n) is 17.2. The highest BCUT2D eigenvalue weighted by molar-refractivity contribution is 5.62. The first-order valence-electron chi connectivity index (χ1n) is 9.78. The minimum absolute atomic E-state index is 0.0551. The molecule has 3 aromatic rings. The third kappa shape index (κ3) is 5.73. The number of nitrogen functional groups attached to an aromatic ring is 1. The molecule has 0 atom stereocenters. The van der Waals surface area contributed by atoms with Crippen molar-refractivity contribution in [2.45, 2.75) is 6.54 Å². The molecule has 0 unspecified atom stereocenters. The van der Waals surface area contributed by atoms with E-state index in [1.165, 1.54) is 16.7 Å². The Balaban J connectivity index is 1.86. The van der Waals surface area contributed by atoms with E-state index in [0.29, 0.717) is 18.9 Å². The Hall–Kier alpha value is -3.59. The molecule has 2 aromatic carbocycles. The highest BCUT2D eigenvalue weighted by Gasteiger charge is 2.19. The highest BCUT2D eigenvalue weighted by Crippen LogP contribution is 2.18. The second kappa shape index (κ2) is 10.4. The summed E-state index contributed by atoms with van der Waals surface area (Å²) in [6.07, 6.45) is 0. The summed E-state index contributed by atoms with van der Waals surface area (Å²) < 4.78 is 25.4. The molecule has 1 aromatic heterocycles. The van der Waals surface area contributed by atoms with Crippen molar-refractivity contribution in [3.8, 4) is 5.75 Å². The Bertz CT molecular complexity index is 1110. The average molecular weight is 428 g/mol. The molecule has 0 amide bonds. The number of aromatic nitrogens is 2. The number of nitrogens with zero attached hydrogens (tertiary/aromatic N) is 2. The Kier molecular flexibility index (Phi) is 7.45. The third-order valence-electron chi connectivity index (χ3n) is 4.71. The molecule has 0 saturated heterocycles. The number of hydrogen-bond acceptors (Lipinski definition) is 6. The molecule has 8 nitrogen and oxygen atoms in total. The lowest BCUT2D eigenvalue weighted by Crippen LogP contribution is -2.41. The van der Waals surface area contributed by atoms with Crippen LogP contribution in [0.5, 0.6) is 5.75 Å². The average Bonchev–Trinajstić information content (AvgIpc) is 2.75. The number of aromatic amines is 1. The van der Waals surface area contributed by atoms with E-state index in [-0.39, 0.29) is 31.2 Å². The van der Waals surface area contributed by atoms with Crippen molar-refractivity contribution in [2.75, 3.05) is 44.0 Å². The summed E-state index contributed by atoms with van der Waals surface area (Å²) >= 11 is 0. The minimum atomic E-state index is -0.589. The molecule has 3 N–H and O–H groups in total. The maximum absolute atomic E-state index is 13.4. The molecule has 0 radical (unpaired) electrons. The first-order valence-corrected chi connectivity index (χ1v) is 9.78. The maximum Gasteiger partial charge on any atom is 0.330 e. The van der Waals surface area contributed by atoms with Gasteiger partial charge in [-0.1, -0.05) is 36.4 Å². The zero-order chi connectivity index (χ0) is 22.2. The van der Waals surface area contributed by atoms with Crippen LogP contribution in [0.3, 0.4) is 0 Å². The number of halogens is 1. The van der Waals surface area contributed by atoms with Crippen LogP contribution >= 0.6 is 0 Å². The number of nitrogens with one attached hydrogen (secondary N) is 1. The SMILES string of the molecule is COCCN(CCOc1cccc(F)c1)c1c(N)n(Cc2ccccc2)c(=O)[nH]c1=O. The van der Waals surface area contributed by atoms with Crippen LogP contribution in [0, 0.1) is 5.82 Å². The van der Waals surface area contributed by atoms with E-state index in [2.05, 4.69) is 4.98 Å². The summed E-state index contributed by atoms with van der Waals surface area (Å²) in [5.41, 5.74) is 6.13. The Morgan fingerprint density at radius 1 is 1.06 bits per heavy atom. The zero-order valence-corrected chi connectivity index (χ0v) is 17.2. The molecule has 164 valence electrons. The van der Waals surface area contributed by atoms with Gasteiger partial charge >= 0.3 is 5.69 Å². The van der Waals surface area contributed by atoms with Gasteiger partial charge < -0.3 is 20.1 Å². The van der Waals surface area contributed by atoms with E-state index in [9.17, 15) is 14.0 Å². The molecule has 0 saturated carbocycles. The van der Waals surface area contributed by atoms with Gasteiger partial charge in [-0.15, -0.1) is 0 Å². The van der Waals surface area contributed by atoms with E-state index in [1.807, 2.05) is 30.3 Å². The monoisotopic (exact) mass is 428 g/mol. The fourth-order valence-electron chi connectivity index (χ4n) is 3.17. The topological polar surface area (TPSA) is 103 Å². The fourth-order valence-corrected chi connectivity index (χ4v) is 3.17. The minimum Gasteiger partial charge on any atom is -0.492 e. The van der Waals surface area contributed by atoms with Crippen molar-refractivity contribution >= 4 is 11.5 Å². The van der Waals surface area contributed by atoms with Gasteiger partial charge in [-0.3, -0.25) is 14.3 Å². The van der Waals surface area contributed by atoms with Crippen molar-refractivity contribution < 1.29 is 13.9 Å². The van der Waals surface area contributed by atoms with Gasteiger partial charge in [0, 0.05) is 19.7 Å². The molecule has 1 heterocycles. The largest absolute Gasteiger partial charge is 0.492 e. The lowest BCUT2D eigenvalue weighted by atomic mass is 10.2. The van der Waals surface area contributed by atoms with Crippen LogP contribution in [0.25, 0.3) is 0 Å². The first kappa shape index (κ1) is 22.1. The standard InChI is InChI=1S/C22H25FN4O4/c1-30-12-10-26(11-13-31-18-9-5-8-17(23)14-18)19-20(24)27(22(29)25-21(19)28)15-16-6-3-2-4-7-16/h2-9,14H,10-13,15,24H2,1H3,(H,25,28,29). The summed E-state index contributed by atoms with van der Waals surface area (Å²) in [4.78, 5) is 29.1. The van der Waals surface area contributed by atoms with Crippen molar-refractivity contribution in [1.29, 1.82) is 0 Å². The van der Waals surface area contributed by atoms with E-state index >= 15 is 0 Å². The molecule has 31 heavy (non-hydrogen) atoms. The normalized spacial score (nSPS) is 10.8. The Morgan fingerprint density at radius 2 is 1.81 bits per heavy atom. The molecule has 0 fully saturated rings. The predicted octanol–water partition coefficient (Wildman–Crippen LogP) is 1.84. The highest BCUT2D eigenvalue weighted by atomic mass is 19.1. The number of anilines is 2. The van der Waals surface area contributed by atoms with Crippen LogP contribution in [0.2, 0.25) is 0 Å². The lowest BCUT2D eigenvalue weighted by molar-refractivity contribution is 0.203. The second-order valence-corrected chi connectivity index (χ2v) is 6.85. The summed E-state index contributed by atoms with van der Waals surface area (Å²) in [5.74, 6) is 0.0319. The molecular formula is C22H25FN4O4. The van der Waals surface area contributed by atoms with Crippen molar-refractivity contribution in [3.05, 3.63) is 86.8 Å². The second-order valence-electron chi connectivity index (χ2n) is 6.85. The molecule has 9 heteroatoms. The van der Waals surface area contributed by atoms with Gasteiger partial charge in [0.05, 0.1) is 19.7 Å². The van der Waals surface area contributed by atoms with Gasteiger partial charge in [0.25, 0.3) is 5.56 Å². The van der Waals surface area contributed by atoms with Crippen LogP contribution in [-0.2, 0) is 11.3 Å². The van der Waals surface area contributed by atoms with Crippen LogP contribution in [0.15, 0.2) is 64.2 Å². The van der Waals surface area contributed by atoms with Crippen LogP contribution < -0.4 is 26.6 Å².